The quantitative estimate of drug-likeness (QED) is 0.351. The number of aromatic nitrogens is 5. The molecule has 0 aliphatic heterocycles. The number of hydrogen-bond donors (Lipinski definition) is 2. The van der Waals surface area contributed by atoms with Gasteiger partial charge in [0, 0.05) is 29.6 Å². The summed E-state index contributed by atoms with van der Waals surface area (Å²) in [7, 11) is 1.64. The number of aliphatic hydroxyl groups excluding tert-OH is 1. The summed E-state index contributed by atoms with van der Waals surface area (Å²) in [5.74, 6) is 1.61. The molecule has 1 atom stereocenters. The number of methoxy groups -OCH3 is 1. The highest BCUT2D eigenvalue weighted by Crippen LogP contribution is 2.29. The van der Waals surface area contributed by atoms with Crippen LogP contribution in [0.5, 0.6) is 5.75 Å². The van der Waals surface area contributed by atoms with Crippen LogP contribution < -0.4 is 10.3 Å². The molecule has 9 nitrogen and oxygen atoms in total. The van der Waals surface area contributed by atoms with Gasteiger partial charge in [-0.1, -0.05) is 32.0 Å². The lowest BCUT2D eigenvalue weighted by Crippen LogP contribution is -2.37. The van der Waals surface area contributed by atoms with E-state index in [0.29, 0.717) is 31.0 Å². The highest BCUT2D eigenvalue weighted by molar-refractivity contribution is 5.83. The molecule has 0 bridgehead atoms. The average molecular weight is 491 g/mol. The lowest BCUT2D eigenvalue weighted by atomic mass is 9.99. The molecule has 9 heteroatoms. The van der Waals surface area contributed by atoms with E-state index in [2.05, 4.69) is 45.3 Å². The first-order valence-electron chi connectivity index (χ1n) is 12.2. The van der Waals surface area contributed by atoms with Gasteiger partial charge in [0.05, 0.1) is 26.3 Å². The molecule has 1 unspecified atom stereocenters. The highest BCUT2D eigenvalue weighted by Gasteiger charge is 2.29. The number of H-pyrrole nitrogens is 1. The van der Waals surface area contributed by atoms with Crippen molar-refractivity contribution in [3.63, 3.8) is 0 Å². The van der Waals surface area contributed by atoms with Crippen molar-refractivity contribution in [2.75, 3.05) is 20.3 Å². The van der Waals surface area contributed by atoms with Crippen molar-refractivity contribution in [2.45, 2.75) is 46.8 Å². The first-order chi connectivity index (χ1) is 17.3. The summed E-state index contributed by atoms with van der Waals surface area (Å²) in [6.07, 6.45) is 0. The minimum atomic E-state index is -0.209. The van der Waals surface area contributed by atoms with Gasteiger partial charge < -0.3 is 14.8 Å². The first-order valence-corrected chi connectivity index (χ1v) is 12.2. The van der Waals surface area contributed by atoms with Crippen LogP contribution in [0.25, 0.3) is 10.9 Å². The number of tetrazole rings is 1. The lowest BCUT2D eigenvalue weighted by Gasteiger charge is -2.33. The number of nitrogens with zero attached hydrogens (tertiary/aromatic N) is 5. The van der Waals surface area contributed by atoms with Gasteiger partial charge in [-0.05, 0) is 71.1 Å². The van der Waals surface area contributed by atoms with E-state index in [9.17, 15) is 9.90 Å². The summed E-state index contributed by atoms with van der Waals surface area (Å²) in [6, 6.07) is 13.6. The number of pyridine rings is 1. The molecule has 0 saturated heterocycles. The molecule has 36 heavy (non-hydrogen) atoms. The SMILES string of the molecule is COc1ccc(Cn2nnnc2C(C(C)C)N(CCO)Cc2cc3c(C)cc(C)cc3[nH]c2=O)cc1. The molecule has 2 aromatic carbocycles. The second-order valence-electron chi connectivity index (χ2n) is 9.59. The van der Waals surface area contributed by atoms with Gasteiger partial charge in [-0.15, -0.1) is 5.10 Å². The Morgan fingerprint density at radius 2 is 1.89 bits per heavy atom. The Labute approximate surface area is 210 Å². The summed E-state index contributed by atoms with van der Waals surface area (Å²) in [5.41, 5.74) is 4.60. The van der Waals surface area contributed by atoms with Crippen LogP contribution in [-0.4, -0.2) is 55.5 Å². The molecular weight excluding hydrogens is 456 g/mol. The van der Waals surface area contributed by atoms with Gasteiger partial charge in [-0.2, -0.15) is 0 Å². The van der Waals surface area contributed by atoms with Crippen LogP contribution in [0.15, 0.2) is 47.3 Å². The number of aliphatic hydroxyl groups is 1. The molecule has 0 fully saturated rings. The van der Waals surface area contributed by atoms with Crippen LogP contribution in [-0.2, 0) is 13.1 Å². The average Bonchev–Trinajstić information content (AvgIpc) is 3.27. The Morgan fingerprint density at radius 3 is 2.56 bits per heavy atom. The third-order valence-corrected chi connectivity index (χ3v) is 6.49. The number of fused-ring (bicyclic) bond motifs is 1. The van der Waals surface area contributed by atoms with Crippen molar-refractivity contribution in [2.24, 2.45) is 5.92 Å². The Bertz CT molecular complexity index is 1380. The highest BCUT2D eigenvalue weighted by atomic mass is 16.5. The molecule has 190 valence electrons. The second kappa shape index (κ2) is 11.0. The number of aromatic amines is 1. The third kappa shape index (κ3) is 5.47. The number of hydrogen-bond acceptors (Lipinski definition) is 7. The fourth-order valence-electron chi connectivity index (χ4n) is 4.82. The summed E-state index contributed by atoms with van der Waals surface area (Å²) in [4.78, 5) is 18.2. The minimum absolute atomic E-state index is 0.0486. The molecule has 2 N–H and O–H groups in total. The van der Waals surface area contributed by atoms with E-state index in [0.717, 1.165) is 33.3 Å². The standard InChI is InChI=1S/C27H34N6O3/c1-17(2)25(26-29-30-31-33(26)15-20-6-8-22(36-5)9-7-20)32(10-11-34)16-21-14-23-19(4)12-18(3)13-24(23)28-27(21)35/h6-9,12-14,17,25,34H,10-11,15-16H2,1-5H3,(H,28,35). The van der Waals surface area contributed by atoms with Gasteiger partial charge >= 0.3 is 0 Å². The van der Waals surface area contributed by atoms with Crippen LogP contribution in [0, 0.1) is 19.8 Å². The van der Waals surface area contributed by atoms with Crippen molar-refractivity contribution in [3.8, 4) is 5.75 Å². The van der Waals surface area contributed by atoms with Gasteiger partial charge in [-0.25, -0.2) is 4.68 Å². The molecule has 0 aliphatic rings. The van der Waals surface area contributed by atoms with Crippen LogP contribution >= 0.6 is 0 Å². The molecule has 0 aliphatic carbocycles. The maximum Gasteiger partial charge on any atom is 0.252 e. The lowest BCUT2D eigenvalue weighted by molar-refractivity contribution is 0.106. The molecule has 2 heterocycles. The van der Waals surface area contributed by atoms with Gasteiger partial charge in [-0.3, -0.25) is 9.69 Å². The zero-order valence-electron chi connectivity index (χ0n) is 21.5. The molecule has 0 amide bonds. The summed E-state index contributed by atoms with van der Waals surface area (Å²) >= 11 is 0. The minimum Gasteiger partial charge on any atom is -0.497 e. The van der Waals surface area contributed by atoms with E-state index < -0.39 is 0 Å². The Hall–Kier alpha value is -3.56. The zero-order valence-corrected chi connectivity index (χ0v) is 21.5. The number of rotatable bonds is 10. The maximum atomic E-state index is 13.0. The summed E-state index contributed by atoms with van der Waals surface area (Å²) in [6.45, 7) is 9.45. The van der Waals surface area contributed by atoms with E-state index in [1.807, 2.05) is 50.2 Å². The van der Waals surface area contributed by atoms with Gasteiger partial charge in [0.15, 0.2) is 5.82 Å². The topological polar surface area (TPSA) is 109 Å². The van der Waals surface area contributed by atoms with E-state index >= 15 is 0 Å². The maximum absolute atomic E-state index is 13.0. The number of aryl methyl sites for hydroxylation is 2. The fraction of sp³-hybridized carbons (Fsp3) is 0.407. The van der Waals surface area contributed by atoms with E-state index in [4.69, 9.17) is 4.74 Å². The summed E-state index contributed by atoms with van der Waals surface area (Å²) < 4.78 is 7.04. The monoisotopic (exact) mass is 490 g/mol. The molecule has 0 radical (unpaired) electrons. The van der Waals surface area contributed by atoms with Crippen molar-refractivity contribution < 1.29 is 9.84 Å². The number of benzene rings is 2. The number of nitrogens with one attached hydrogen (secondary N) is 1. The first kappa shape index (κ1) is 25.5. The number of ether oxygens (including phenoxy) is 1. The van der Waals surface area contributed by atoms with Crippen molar-refractivity contribution >= 4 is 10.9 Å². The summed E-state index contributed by atoms with van der Waals surface area (Å²) in [5, 5.41) is 23.5. The Kier molecular flexibility index (Phi) is 7.81. The Balaban J connectivity index is 1.68. The van der Waals surface area contributed by atoms with Crippen LogP contribution in [0.3, 0.4) is 0 Å². The smallest absolute Gasteiger partial charge is 0.252 e. The van der Waals surface area contributed by atoms with Crippen molar-refractivity contribution in [1.29, 1.82) is 0 Å². The zero-order chi connectivity index (χ0) is 25.8. The molecule has 2 aromatic heterocycles. The third-order valence-electron chi connectivity index (χ3n) is 6.49. The molecular formula is C27H34N6O3. The molecule has 4 rings (SSSR count). The van der Waals surface area contributed by atoms with Gasteiger partial charge in [0.2, 0.25) is 0 Å². The molecule has 0 saturated carbocycles. The van der Waals surface area contributed by atoms with Crippen molar-refractivity contribution in [1.82, 2.24) is 30.1 Å². The van der Waals surface area contributed by atoms with Gasteiger partial charge in [0.25, 0.3) is 5.56 Å². The Morgan fingerprint density at radius 1 is 1.14 bits per heavy atom. The van der Waals surface area contributed by atoms with Crippen LogP contribution in [0.2, 0.25) is 0 Å². The predicted molar refractivity (Wildman–Crippen MR) is 139 cm³/mol. The predicted octanol–water partition coefficient (Wildman–Crippen LogP) is 3.38. The van der Waals surface area contributed by atoms with E-state index in [-0.39, 0.29) is 24.1 Å². The second-order valence-corrected chi connectivity index (χ2v) is 9.59. The van der Waals surface area contributed by atoms with Crippen LogP contribution in [0.4, 0.5) is 0 Å². The normalized spacial score (nSPS) is 12.6. The molecule has 4 aromatic rings. The fourth-order valence-corrected chi connectivity index (χ4v) is 4.82. The molecule has 0 spiro atoms. The van der Waals surface area contributed by atoms with Gasteiger partial charge in [0.1, 0.15) is 5.75 Å². The van der Waals surface area contributed by atoms with Crippen LogP contribution in [0.1, 0.15) is 48.0 Å². The largest absolute Gasteiger partial charge is 0.497 e. The van der Waals surface area contributed by atoms with E-state index in [1.165, 1.54) is 0 Å². The van der Waals surface area contributed by atoms with Crippen molar-refractivity contribution in [3.05, 3.63) is 80.9 Å². The van der Waals surface area contributed by atoms with E-state index in [1.54, 1.807) is 11.8 Å².